The molecule has 2 rings (SSSR count). The van der Waals surface area contributed by atoms with Gasteiger partial charge < -0.3 is 0 Å². The maximum atomic E-state index is 12.0. The molecule has 1 aliphatic heterocycles. The van der Waals surface area contributed by atoms with E-state index in [4.69, 9.17) is 0 Å². The number of H-pyrrole nitrogens is 2. The summed E-state index contributed by atoms with van der Waals surface area (Å²) in [7, 11) is -0.738. The van der Waals surface area contributed by atoms with Gasteiger partial charge in [-0.3, -0.25) is 14.1 Å². The van der Waals surface area contributed by atoms with E-state index >= 15 is 0 Å². The van der Waals surface area contributed by atoms with Crippen LogP contribution in [0.3, 0.4) is 0 Å². The van der Waals surface area contributed by atoms with Gasteiger partial charge in [-0.25, -0.2) is 9.89 Å². The molecule has 2 N–H and O–H groups in total. The van der Waals surface area contributed by atoms with Crippen LogP contribution in [0.15, 0.2) is 4.79 Å². The second-order valence-corrected chi connectivity index (χ2v) is 6.62. The standard InChI is InChI=1S/C10H18N4O2S/c1-3-8-5-14(4-7(2)17(8)16)6-9-11-10(15)13-12-9/h7-8H,3-6H2,1-2H3,(H2,11,12,13,15). The maximum Gasteiger partial charge on any atom is 0.340 e. The number of hydrogen-bond acceptors (Lipinski definition) is 4. The molecule has 1 saturated heterocycles. The summed E-state index contributed by atoms with van der Waals surface area (Å²) in [4.78, 5) is 15.8. The molecule has 6 nitrogen and oxygen atoms in total. The van der Waals surface area contributed by atoms with Crippen LogP contribution in [0, 0.1) is 0 Å². The summed E-state index contributed by atoms with van der Waals surface area (Å²) in [6.45, 7) is 6.28. The first-order chi connectivity index (χ1) is 8.10. The molecule has 1 aromatic rings. The summed E-state index contributed by atoms with van der Waals surface area (Å²) in [6, 6.07) is 0. The van der Waals surface area contributed by atoms with Crippen LogP contribution in [0.1, 0.15) is 26.1 Å². The lowest BCUT2D eigenvalue weighted by Crippen LogP contribution is -2.47. The van der Waals surface area contributed by atoms with Crippen LogP contribution in [-0.2, 0) is 17.3 Å². The van der Waals surface area contributed by atoms with Gasteiger partial charge in [0.1, 0.15) is 5.82 Å². The molecule has 3 unspecified atom stereocenters. The van der Waals surface area contributed by atoms with E-state index in [0.717, 1.165) is 19.5 Å². The lowest BCUT2D eigenvalue weighted by atomic mass is 10.2. The van der Waals surface area contributed by atoms with Crippen LogP contribution < -0.4 is 5.69 Å². The van der Waals surface area contributed by atoms with Gasteiger partial charge in [0, 0.05) is 34.4 Å². The Morgan fingerprint density at radius 3 is 2.88 bits per heavy atom. The van der Waals surface area contributed by atoms with Gasteiger partial charge in [-0.05, 0) is 13.3 Å². The zero-order chi connectivity index (χ0) is 12.4. The number of hydrogen-bond donors (Lipinski definition) is 2. The molecule has 17 heavy (non-hydrogen) atoms. The van der Waals surface area contributed by atoms with Gasteiger partial charge in [0.2, 0.25) is 0 Å². The summed E-state index contributed by atoms with van der Waals surface area (Å²) in [5, 5.41) is 6.66. The van der Waals surface area contributed by atoms with Crippen molar-refractivity contribution < 1.29 is 4.21 Å². The largest absolute Gasteiger partial charge is 0.340 e. The molecule has 96 valence electrons. The lowest BCUT2D eigenvalue weighted by molar-refractivity contribution is 0.247. The molecule has 0 bridgehead atoms. The number of nitrogens with one attached hydrogen (secondary N) is 2. The molecule has 2 heterocycles. The van der Waals surface area contributed by atoms with Gasteiger partial charge in [0.05, 0.1) is 6.54 Å². The molecule has 0 saturated carbocycles. The second kappa shape index (κ2) is 5.14. The summed E-state index contributed by atoms with van der Waals surface area (Å²) >= 11 is 0. The molecule has 1 aromatic heterocycles. The van der Waals surface area contributed by atoms with Crippen LogP contribution in [0.2, 0.25) is 0 Å². The van der Waals surface area contributed by atoms with E-state index < -0.39 is 10.8 Å². The molecule has 0 aliphatic carbocycles. The number of nitrogens with zero attached hydrogens (tertiary/aromatic N) is 2. The first-order valence-electron chi connectivity index (χ1n) is 5.85. The SMILES string of the molecule is CCC1CN(Cc2n[nH]c(=O)[nH]2)CC(C)S1=O. The minimum absolute atomic E-state index is 0.180. The Balaban J connectivity index is 2.02. The third-order valence-electron chi connectivity index (χ3n) is 3.08. The van der Waals surface area contributed by atoms with Crippen molar-refractivity contribution in [1.82, 2.24) is 20.1 Å². The summed E-state index contributed by atoms with van der Waals surface area (Å²) < 4.78 is 12.0. The first kappa shape index (κ1) is 12.5. The van der Waals surface area contributed by atoms with Crippen molar-refractivity contribution >= 4 is 10.8 Å². The Morgan fingerprint density at radius 1 is 1.53 bits per heavy atom. The van der Waals surface area contributed by atoms with Crippen LogP contribution in [0.5, 0.6) is 0 Å². The molecule has 7 heteroatoms. The van der Waals surface area contributed by atoms with Crippen molar-refractivity contribution in [1.29, 1.82) is 0 Å². The van der Waals surface area contributed by atoms with E-state index in [1.807, 2.05) is 6.92 Å². The molecule has 0 radical (unpaired) electrons. The molecule has 1 fully saturated rings. The quantitative estimate of drug-likeness (QED) is 0.788. The average molecular weight is 258 g/mol. The lowest BCUT2D eigenvalue weighted by Gasteiger charge is -2.34. The maximum absolute atomic E-state index is 12.0. The number of aromatic nitrogens is 3. The fraction of sp³-hybridized carbons (Fsp3) is 0.800. The zero-order valence-corrected chi connectivity index (χ0v) is 10.9. The van der Waals surface area contributed by atoms with Crippen molar-refractivity contribution in [3.8, 4) is 0 Å². The highest BCUT2D eigenvalue weighted by molar-refractivity contribution is 7.86. The predicted molar refractivity (Wildman–Crippen MR) is 66.2 cm³/mol. The Morgan fingerprint density at radius 2 is 2.29 bits per heavy atom. The fourth-order valence-corrected chi connectivity index (χ4v) is 3.92. The minimum atomic E-state index is -0.738. The van der Waals surface area contributed by atoms with Gasteiger partial charge in [-0.15, -0.1) is 0 Å². The summed E-state index contributed by atoms with van der Waals surface area (Å²) in [6.07, 6.45) is 0.921. The van der Waals surface area contributed by atoms with Gasteiger partial charge in [-0.2, -0.15) is 5.10 Å². The smallest absolute Gasteiger partial charge is 0.294 e. The van der Waals surface area contributed by atoms with E-state index in [2.05, 4.69) is 27.0 Å². The Bertz CT molecular complexity index is 455. The third kappa shape index (κ3) is 2.84. The van der Waals surface area contributed by atoms with E-state index in [-0.39, 0.29) is 16.2 Å². The minimum Gasteiger partial charge on any atom is -0.294 e. The van der Waals surface area contributed by atoms with E-state index in [0.29, 0.717) is 12.4 Å². The van der Waals surface area contributed by atoms with E-state index in [1.165, 1.54) is 0 Å². The fourth-order valence-electron chi connectivity index (χ4n) is 2.22. The topological polar surface area (TPSA) is 81.8 Å². The first-order valence-corrected chi connectivity index (χ1v) is 7.13. The van der Waals surface area contributed by atoms with E-state index in [9.17, 15) is 9.00 Å². The van der Waals surface area contributed by atoms with Gasteiger partial charge in [-0.1, -0.05) is 6.92 Å². The normalized spacial score (nSPS) is 30.6. The molecule has 0 spiro atoms. The second-order valence-electron chi connectivity index (χ2n) is 4.49. The van der Waals surface area contributed by atoms with Gasteiger partial charge >= 0.3 is 5.69 Å². The van der Waals surface area contributed by atoms with Crippen molar-refractivity contribution in [2.75, 3.05) is 13.1 Å². The Hall–Kier alpha value is -0.950. The van der Waals surface area contributed by atoms with E-state index in [1.54, 1.807) is 0 Å². The highest BCUT2D eigenvalue weighted by Gasteiger charge is 2.30. The Kier molecular flexibility index (Phi) is 3.78. The average Bonchev–Trinajstić information content (AvgIpc) is 2.69. The highest BCUT2D eigenvalue weighted by Crippen LogP contribution is 2.18. The monoisotopic (exact) mass is 258 g/mol. The van der Waals surface area contributed by atoms with Crippen LogP contribution in [0.4, 0.5) is 0 Å². The van der Waals surface area contributed by atoms with Gasteiger partial charge in [0.25, 0.3) is 0 Å². The molecule has 3 atom stereocenters. The third-order valence-corrected chi connectivity index (χ3v) is 5.16. The van der Waals surface area contributed by atoms with Crippen LogP contribution in [0.25, 0.3) is 0 Å². The summed E-state index contributed by atoms with van der Waals surface area (Å²) in [5.74, 6) is 0.643. The summed E-state index contributed by atoms with van der Waals surface area (Å²) in [5.41, 5.74) is -0.277. The molecule has 0 amide bonds. The van der Waals surface area contributed by atoms with Crippen molar-refractivity contribution in [2.45, 2.75) is 37.3 Å². The predicted octanol–water partition coefficient (Wildman–Crippen LogP) is -0.171. The number of aromatic amines is 2. The van der Waals surface area contributed by atoms with Crippen LogP contribution in [-0.4, -0.2) is 47.9 Å². The molecular formula is C10H18N4O2S. The zero-order valence-electron chi connectivity index (χ0n) is 10.1. The Labute approximate surface area is 102 Å². The highest BCUT2D eigenvalue weighted by atomic mass is 32.2. The van der Waals surface area contributed by atoms with Crippen molar-refractivity contribution in [3.05, 3.63) is 16.3 Å². The van der Waals surface area contributed by atoms with Crippen molar-refractivity contribution in [2.24, 2.45) is 0 Å². The van der Waals surface area contributed by atoms with Crippen LogP contribution >= 0.6 is 0 Å². The molecule has 0 aromatic carbocycles. The molecule has 1 aliphatic rings. The molecular weight excluding hydrogens is 240 g/mol. The van der Waals surface area contributed by atoms with Crippen molar-refractivity contribution in [3.63, 3.8) is 0 Å². The number of rotatable bonds is 3. The van der Waals surface area contributed by atoms with Gasteiger partial charge in [0.15, 0.2) is 0 Å².